The molecule has 1 aliphatic heterocycles. The molecule has 1 aliphatic rings. The molecule has 0 radical (unpaired) electrons. The molecule has 0 N–H and O–H groups in total. The lowest BCUT2D eigenvalue weighted by molar-refractivity contribution is 0.0718. The van der Waals surface area contributed by atoms with Gasteiger partial charge in [0.05, 0.1) is 4.88 Å². The Kier molecular flexibility index (Phi) is 4.06. The first-order valence-electron chi connectivity index (χ1n) is 7.24. The molecule has 1 amide bonds. The molecule has 0 aliphatic carbocycles. The Morgan fingerprint density at radius 2 is 1.81 bits per heavy atom. The zero-order valence-electron chi connectivity index (χ0n) is 12.0. The summed E-state index contributed by atoms with van der Waals surface area (Å²) in [7, 11) is 0. The summed E-state index contributed by atoms with van der Waals surface area (Å²) < 4.78 is 13.0. The quantitative estimate of drug-likeness (QED) is 0.813. The van der Waals surface area contributed by atoms with Crippen molar-refractivity contribution in [2.24, 2.45) is 0 Å². The molecular formula is C17H18FNOS. The number of aryl methyl sites for hydroxylation is 1. The van der Waals surface area contributed by atoms with Crippen LogP contribution in [-0.2, 0) is 0 Å². The molecule has 1 aromatic carbocycles. The number of likely N-dealkylation sites (tertiary alicyclic amines) is 1. The van der Waals surface area contributed by atoms with E-state index in [1.54, 1.807) is 11.3 Å². The predicted molar refractivity (Wildman–Crippen MR) is 83.3 cm³/mol. The van der Waals surface area contributed by atoms with E-state index in [0.717, 1.165) is 30.8 Å². The van der Waals surface area contributed by atoms with Crippen molar-refractivity contribution in [1.29, 1.82) is 0 Å². The van der Waals surface area contributed by atoms with Crippen LogP contribution in [0.1, 0.15) is 38.9 Å². The average molecular weight is 303 g/mol. The van der Waals surface area contributed by atoms with Gasteiger partial charge in [0.25, 0.3) is 5.91 Å². The third-order valence-electron chi connectivity index (χ3n) is 4.07. The number of benzene rings is 1. The van der Waals surface area contributed by atoms with Gasteiger partial charge in [0, 0.05) is 18.0 Å². The molecule has 0 bridgehead atoms. The molecule has 3 rings (SSSR count). The molecule has 0 saturated carbocycles. The minimum atomic E-state index is -0.195. The minimum Gasteiger partial charge on any atom is -0.338 e. The van der Waals surface area contributed by atoms with E-state index in [4.69, 9.17) is 0 Å². The second kappa shape index (κ2) is 5.98. The van der Waals surface area contributed by atoms with Crippen LogP contribution in [-0.4, -0.2) is 23.9 Å². The topological polar surface area (TPSA) is 20.3 Å². The van der Waals surface area contributed by atoms with Gasteiger partial charge in [-0.15, -0.1) is 11.3 Å². The number of carbonyl (C=O) groups excluding carboxylic acids is 1. The first-order valence-corrected chi connectivity index (χ1v) is 8.06. The van der Waals surface area contributed by atoms with Gasteiger partial charge in [-0.05, 0) is 55.5 Å². The highest BCUT2D eigenvalue weighted by Crippen LogP contribution is 2.29. The number of amides is 1. The lowest BCUT2D eigenvalue weighted by Gasteiger charge is -2.32. The molecule has 0 atom stereocenters. The summed E-state index contributed by atoms with van der Waals surface area (Å²) in [5.41, 5.74) is 1.18. The van der Waals surface area contributed by atoms with Crippen LogP contribution < -0.4 is 0 Å². The molecule has 110 valence electrons. The van der Waals surface area contributed by atoms with E-state index >= 15 is 0 Å². The van der Waals surface area contributed by atoms with Gasteiger partial charge in [-0.2, -0.15) is 0 Å². The summed E-state index contributed by atoms with van der Waals surface area (Å²) >= 11 is 1.56. The van der Waals surface area contributed by atoms with Crippen LogP contribution in [0.5, 0.6) is 0 Å². The first kappa shape index (κ1) is 14.3. The zero-order chi connectivity index (χ0) is 14.8. The molecule has 1 saturated heterocycles. The van der Waals surface area contributed by atoms with Crippen LogP contribution in [0, 0.1) is 12.7 Å². The average Bonchev–Trinajstić information content (AvgIpc) is 2.94. The van der Waals surface area contributed by atoms with Crippen LogP contribution in [0.2, 0.25) is 0 Å². The zero-order valence-corrected chi connectivity index (χ0v) is 12.8. The maximum Gasteiger partial charge on any atom is 0.263 e. The van der Waals surface area contributed by atoms with E-state index < -0.39 is 0 Å². The van der Waals surface area contributed by atoms with Crippen LogP contribution in [0.3, 0.4) is 0 Å². The Balaban J connectivity index is 1.62. The Bertz CT molecular complexity index is 626. The van der Waals surface area contributed by atoms with Crippen molar-refractivity contribution in [3.63, 3.8) is 0 Å². The minimum absolute atomic E-state index is 0.144. The first-order chi connectivity index (χ1) is 10.1. The summed E-state index contributed by atoms with van der Waals surface area (Å²) in [6.07, 6.45) is 1.89. The Morgan fingerprint density at radius 1 is 1.14 bits per heavy atom. The molecule has 0 spiro atoms. The summed E-state index contributed by atoms with van der Waals surface area (Å²) in [5, 5.41) is 0. The van der Waals surface area contributed by atoms with E-state index in [0.29, 0.717) is 5.92 Å². The number of hydrogen-bond acceptors (Lipinski definition) is 2. The number of piperidine rings is 1. The second-order valence-corrected chi connectivity index (χ2v) is 6.82. The molecule has 1 fully saturated rings. The van der Waals surface area contributed by atoms with Crippen LogP contribution in [0.4, 0.5) is 4.39 Å². The SMILES string of the molecule is Cc1ccc(C(=O)N2CCC(c3ccc(F)cc3)CC2)s1. The van der Waals surface area contributed by atoms with Gasteiger partial charge in [0.15, 0.2) is 0 Å². The molecule has 2 aromatic rings. The summed E-state index contributed by atoms with van der Waals surface area (Å²) in [5.74, 6) is 0.379. The number of halogens is 1. The van der Waals surface area contributed by atoms with Gasteiger partial charge < -0.3 is 4.90 Å². The highest BCUT2D eigenvalue weighted by atomic mass is 32.1. The lowest BCUT2D eigenvalue weighted by Crippen LogP contribution is -2.37. The summed E-state index contributed by atoms with van der Waals surface area (Å²) in [6, 6.07) is 10.7. The van der Waals surface area contributed by atoms with Crippen LogP contribution in [0.25, 0.3) is 0 Å². The Hall–Kier alpha value is -1.68. The standard InChI is InChI=1S/C17H18FNOS/c1-12-2-7-16(21-12)17(20)19-10-8-14(9-11-19)13-3-5-15(18)6-4-13/h2-7,14H,8-11H2,1H3. The molecular weight excluding hydrogens is 285 g/mol. The van der Waals surface area contributed by atoms with Crippen molar-refractivity contribution in [2.45, 2.75) is 25.7 Å². The Labute approximate surface area is 128 Å². The van der Waals surface area contributed by atoms with Crippen molar-refractivity contribution in [2.75, 3.05) is 13.1 Å². The number of thiophene rings is 1. The van der Waals surface area contributed by atoms with Crippen LogP contribution >= 0.6 is 11.3 Å². The van der Waals surface area contributed by atoms with Crippen molar-refractivity contribution >= 4 is 17.2 Å². The Morgan fingerprint density at radius 3 is 2.38 bits per heavy atom. The number of hydrogen-bond donors (Lipinski definition) is 0. The number of rotatable bonds is 2. The highest BCUT2D eigenvalue weighted by molar-refractivity contribution is 7.13. The highest BCUT2D eigenvalue weighted by Gasteiger charge is 2.25. The monoisotopic (exact) mass is 303 g/mol. The van der Waals surface area contributed by atoms with Gasteiger partial charge in [-0.3, -0.25) is 4.79 Å². The largest absolute Gasteiger partial charge is 0.338 e. The maximum absolute atomic E-state index is 13.0. The number of carbonyl (C=O) groups is 1. The molecule has 2 nitrogen and oxygen atoms in total. The molecule has 21 heavy (non-hydrogen) atoms. The maximum atomic E-state index is 13.0. The fourth-order valence-corrected chi connectivity index (χ4v) is 3.69. The molecule has 0 unspecified atom stereocenters. The summed E-state index contributed by atoms with van der Waals surface area (Å²) in [6.45, 7) is 3.57. The van der Waals surface area contributed by atoms with Crippen LogP contribution in [0.15, 0.2) is 36.4 Å². The number of nitrogens with zero attached hydrogens (tertiary/aromatic N) is 1. The van der Waals surface area contributed by atoms with E-state index in [2.05, 4.69) is 0 Å². The van der Waals surface area contributed by atoms with E-state index in [1.165, 1.54) is 22.6 Å². The van der Waals surface area contributed by atoms with E-state index in [9.17, 15) is 9.18 Å². The lowest BCUT2D eigenvalue weighted by atomic mass is 9.89. The van der Waals surface area contributed by atoms with Crippen molar-refractivity contribution < 1.29 is 9.18 Å². The third kappa shape index (κ3) is 3.16. The smallest absolute Gasteiger partial charge is 0.263 e. The van der Waals surface area contributed by atoms with Crippen molar-refractivity contribution in [3.05, 3.63) is 57.5 Å². The van der Waals surface area contributed by atoms with Gasteiger partial charge in [0.1, 0.15) is 5.82 Å². The fraction of sp³-hybridized carbons (Fsp3) is 0.353. The second-order valence-electron chi connectivity index (χ2n) is 5.53. The van der Waals surface area contributed by atoms with Gasteiger partial charge in [0.2, 0.25) is 0 Å². The molecule has 1 aromatic heterocycles. The summed E-state index contributed by atoms with van der Waals surface area (Å²) in [4.78, 5) is 16.3. The van der Waals surface area contributed by atoms with Crippen molar-refractivity contribution in [1.82, 2.24) is 4.90 Å². The van der Waals surface area contributed by atoms with E-state index in [-0.39, 0.29) is 11.7 Å². The van der Waals surface area contributed by atoms with E-state index in [1.807, 2.05) is 36.1 Å². The van der Waals surface area contributed by atoms with Crippen molar-refractivity contribution in [3.8, 4) is 0 Å². The third-order valence-corrected chi connectivity index (χ3v) is 5.06. The predicted octanol–water partition coefficient (Wildman–Crippen LogP) is 4.22. The molecule has 4 heteroatoms. The molecule has 2 heterocycles. The van der Waals surface area contributed by atoms with Gasteiger partial charge in [-0.1, -0.05) is 12.1 Å². The van der Waals surface area contributed by atoms with Gasteiger partial charge in [-0.25, -0.2) is 4.39 Å². The fourth-order valence-electron chi connectivity index (χ4n) is 2.86. The normalized spacial score (nSPS) is 16.2. The van der Waals surface area contributed by atoms with Gasteiger partial charge >= 0.3 is 0 Å².